The van der Waals surface area contributed by atoms with Crippen molar-refractivity contribution in [2.45, 2.75) is 0 Å². The first kappa shape index (κ1) is 8.32. The van der Waals surface area contributed by atoms with Gasteiger partial charge < -0.3 is 5.73 Å². The van der Waals surface area contributed by atoms with Crippen LogP contribution in [0.25, 0.3) is 0 Å². The molecule has 0 aliphatic heterocycles. The molecule has 1 aromatic rings. The zero-order valence-corrected chi connectivity index (χ0v) is 7.95. The van der Waals surface area contributed by atoms with Crippen LogP contribution in [0.1, 0.15) is 0 Å². The summed E-state index contributed by atoms with van der Waals surface area (Å²) < 4.78 is 2.71. The highest BCUT2D eigenvalue weighted by atomic mass is 127. The van der Waals surface area contributed by atoms with Gasteiger partial charge in [0, 0.05) is 0 Å². The standard InChI is InChI=1S/C7H8IN3/c8-11-7(9)10-6-4-2-1-3-5-6/h1-5H,(H3,9,10,11). The maximum atomic E-state index is 5.44. The Kier molecular flexibility index (Phi) is 3.15. The predicted molar refractivity (Wildman–Crippen MR) is 54.9 cm³/mol. The highest BCUT2D eigenvalue weighted by Gasteiger charge is 1.87. The van der Waals surface area contributed by atoms with Crippen LogP contribution in [0.4, 0.5) is 5.69 Å². The Hall–Kier alpha value is -0.780. The molecule has 0 bridgehead atoms. The van der Waals surface area contributed by atoms with Crippen LogP contribution in [0.5, 0.6) is 0 Å². The molecule has 0 aliphatic carbocycles. The van der Waals surface area contributed by atoms with Gasteiger partial charge in [-0.15, -0.1) is 0 Å². The molecule has 0 aliphatic rings. The Morgan fingerprint density at radius 3 is 2.55 bits per heavy atom. The summed E-state index contributed by atoms with van der Waals surface area (Å²) in [5, 5.41) is 0. The zero-order chi connectivity index (χ0) is 8.10. The topological polar surface area (TPSA) is 50.4 Å². The summed E-state index contributed by atoms with van der Waals surface area (Å²) in [6.07, 6.45) is 0. The number of hydrogen-bond donors (Lipinski definition) is 2. The van der Waals surface area contributed by atoms with E-state index in [0.29, 0.717) is 5.96 Å². The van der Waals surface area contributed by atoms with Crippen molar-refractivity contribution < 1.29 is 0 Å². The van der Waals surface area contributed by atoms with Crippen LogP contribution >= 0.6 is 22.9 Å². The molecule has 1 rings (SSSR count). The molecule has 1 aromatic carbocycles. The van der Waals surface area contributed by atoms with Crippen LogP contribution < -0.4 is 9.26 Å². The maximum absolute atomic E-state index is 5.44. The lowest BCUT2D eigenvalue weighted by atomic mass is 10.3. The van der Waals surface area contributed by atoms with E-state index in [1.54, 1.807) is 0 Å². The van der Waals surface area contributed by atoms with Gasteiger partial charge in [-0.25, -0.2) is 4.99 Å². The van der Waals surface area contributed by atoms with Crippen molar-refractivity contribution in [3.63, 3.8) is 0 Å². The second-order valence-corrected chi connectivity index (χ2v) is 2.47. The third-order valence-electron chi connectivity index (χ3n) is 1.10. The van der Waals surface area contributed by atoms with Crippen LogP contribution in [0.2, 0.25) is 0 Å². The highest BCUT2D eigenvalue weighted by Crippen LogP contribution is 2.08. The molecule has 58 valence electrons. The SMILES string of the molecule is NC(=Nc1ccccc1)NI. The number of benzene rings is 1. The summed E-state index contributed by atoms with van der Waals surface area (Å²) in [4.78, 5) is 4.05. The first-order valence-electron chi connectivity index (χ1n) is 3.09. The molecule has 0 radical (unpaired) electrons. The zero-order valence-electron chi connectivity index (χ0n) is 5.79. The third kappa shape index (κ3) is 2.75. The molecule has 0 spiro atoms. The number of nitrogens with two attached hydrogens (primary N) is 1. The quantitative estimate of drug-likeness (QED) is 0.349. The van der Waals surface area contributed by atoms with Crippen molar-refractivity contribution >= 4 is 34.5 Å². The molecule has 3 N–H and O–H groups in total. The number of para-hydroxylation sites is 1. The van der Waals surface area contributed by atoms with Gasteiger partial charge in [-0.3, -0.25) is 3.53 Å². The molecular weight excluding hydrogens is 253 g/mol. The molecule has 0 saturated heterocycles. The Balaban J connectivity index is 2.79. The normalized spacial score (nSPS) is 11.2. The Morgan fingerprint density at radius 2 is 2.00 bits per heavy atom. The minimum atomic E-state index is 0.414. The van der Waals surface area contributed by atoms with E-state index in [1.165, 1.54) is 0 Å². The van der Waals surface area contributed by atoms with E-state index in [0.717, 1.165) is 5.69 Å². The fourth-order valence-corrected chi connectivity index (χ4v) is 0.783. The average molecular weight is 261 g/mol. The second-order valence-electron chi connectivity index (χ2n) is 1.93. The van der Waals surface area contributed by atoms with Crippen LogP contribution in [0.3, 0.4) is 0 Å². The van der Waals surface area contributed by atoms with E-state index in [9.17, 15) is 0 Å². The second kappa shape index (κ2) is 4.17. The van der Waals surface area contributed by atoms with Crippen LogP contribution in [0.15, 0.2) is 35.3 Å². The number of halogens is 1. The number of rotatable bonds is 1. The monoisotopic (exact) mass is 261 g/mol. The molecule has 0 aromatic heterocycles. The lowest BCUT2D eigenvalue weighted by molar-refractivity contribution is 1.39. The number of nitrogens with one attached hydrogen (secondary N) is 1. The van der Waals surface area contributed by atoms with E-state index in [1.807, 2.05) is 53.2 Å². The summed E-state index contributed by atoms with van der Waals surface area (Å²) in [6, 6.07) is 9.55. The van der Waals surface area contributed by atoms with E-state index < -0.39 is 0 Å². The molecule has 0 heterocycles. The van der Waals surface area contributed by atoms with Crippen molar-refractivity contribution in [2.75, 3.05) is 0 Å². The fourth-order valence-electron chi connectivity index (χ4n) is 0.663. The average Bonchev–Trinajstić information content (AvgIpc) is 2.06. The molecule has 3 nitrogen and oxygen atoms in total. The van der Waals surface area contributed by atoms with E-state index in [2.05, 4.69) is 8.52 Å². The van der Waals surface area contributed by atoms with Crippen molar-refractivity contribution in [3.8, 4) is 0 Å². The first-order valence-corrected chi connectivity index (χ1v) is 4.16. The van der Waals surface area contributed by atoms with Crippen LogP contribution in [0, 0.1) is 0 Å². The molecule has 0 fully saturated rings. The molecule has 0 atom stereocenters. The fraction of sp³-hybridized carbons (Fsp3) is 0. The third-order valence-corrected chi connectivity index (χ3v) is 1.66. The molecule has 4 heteroatoms. The Morgan fingerprint density at radius 1 is 1.36 bits per heavy atom. The smallest absolute Gasteiger partial charge is 0.202 e. The molecule has 0 saturated carbocycles. The summed E-state index contributed by atoms with van der Waals surface area (Å²) in [5.41, 5.74) is 6.29. The van der Waals surface area contributed by atoms with Gasteiger partial charge >= 0.3 is 0 Å². The van der Waals surface area contributed by atoms with Crippen molar-refractivity contribution in [1.82, 2.24) is 3.53 Å². The van der Waals surface area contributed by atoms with Gasteiger partial charge in [0.05, 0.1) is 28.6 Å². The molecular formula is C7H8IN3. The number of hydrogen-bond acceptors (Lipinski definition) is 1. The Bertz CT molecular complexity index is 245. The van der Waals surface area contributed by atoms with Crippen LogP contribution in [-0.2, 0) is 0 Å². The van der Waals surface area contributed by atoms with E-state index in [4.69, 9.17) is 5.73 Å². The van der Waals surface area contributed by atoms with Gasteiger partial charge in [0.15, 0.2) is 0 Å². The van der Waals surface area contributed by atoms with Gasteiger partial charge in [-0.1, -0.05) is 18.2 Å². The maximum Gasteiger partial charge on any atom is 0.202 e. The van der Waals surface area contributed by atoms with Crippen molar-refractivity contribution in [2.24, 2.45) is 10.7 Å². The largest absolute Gasteiger partial charge is 0.369 e. The first-order chi connectivity index (χ1) is 5.33. The van der Waals surface area contributed by atoms with Gasteiger partial charge in [0.1, 0.15) is 0 Å². The molecule has 11 heavy (non-hydrogen) atoms. The minimum Gasteiger partial charge on any atom is -0.369 e. The van der Waals surface area contributed by atoms with E-state index >= 15 is 0 Å². The predicted octanol–water partition coefficient (Wildman–Crippen LogP) is 1.57. The molecule has 0 unspecified atom stereocenters. The highest BCUT2D eigenvalue weighted by molar-refractivity contribution is 14.1. The number of guanidine groups is 1. The summed E-state index contributed by atoms with van der Waals surface area (Å²) in [6.45, 7) is 0. The lowest BCUT2D eigenvalue weighted by Gasteiger charge is -1.95. The lowest BCUT2D eigenvalue weighted by Crippen LogP contribution is -2.22. The van der Waals surface area contributed by atoms with E-state index in [-0.39, 0.29) is 0 Å². The Labute approximate surface area is 79.2 Å². The van der Waals surface area contributed by atoms with Gasteiger partial charge in [-0.05, 0) is 12.1 Å². The van der Waals surface area contributed by atoms with Crippen molar-refractivity contribution in [3.05, 3.63) is 30.3 Å². The number of nitrogens with zero attached hydrogens (tertiary/aromatic N) is 1. The van der Waals surface area contributed by atoms with Gasteiger partial charge in [0.2, 0.25) is 5.96 Å². The minimum absolute atomic E-state index is 0.414. The summed E-state index contributed by atoms with van der Waals surface area (Å²) in [7, 11) is 0. The van der Waals surface area contributed by atoms with Gasteiger partial charge in [0.25, 0.3) is 0 Å². The number of aliphatic imine (C=N–C) groups is 1. The van der Waals surface area contributed by atoms with Crippen LogP contribution in [-0.4, -0.2) is 5.96 Å². The molecule has 0 amide bonds. The summed E-state index contributed by atoms with van der Waals surface area (Å²) >= 11 is 1.93. The van der Waals surface area contributed by atoms with Crippen molar-refractivity contribution in [1.29, 1.82) is 0 Å². The summed E-state index contributed by atoms with van der Waals surface area (Å²) in [5.74, 6) is 0.414. The van der Waals surface area contributed by atoms with Gasteiger partial charge in [-0.2, -0.15) is 0 Å².